The monoisotopic (exact) mass is 318 g/mol. The summed E-state index contributed by atoms with van der Waals surface area (Å²) < 4.78 is 31.6. The number of hydrogen-bond acceptors (Lipinski definition) is 5. The summed E-state index contributed by atoms with van der Waals surface area (Å²) in [5.74, 6) is 0.723. The lowest BCUT2D eigenvalue weighted by Gasteiger charge is -2.05. The second-order valence-electron chi connectivity index (χ2n) is 3.60. The van der Waals surface area contributed by atoms with E-state index in [0.717, 1.165) is 22.6 Å². The first-order valence-electron chi connectivity index (χ1n) is 5.25. The zero-order valence-corrected chi connectivity index (χ0v) is 12.3. The number of benzene rings is 1. The highest BCUT2D eigenvalue weighted by molar-refractivity contribution is 7.91. The average Bonchev–Trinajstić information content (AvgIpc) is 2.85. The highest BCUT2D eigenvalue weighted by Gasteiger charge is 2.17. The van der Waals surface area contributed by atoms with Gasteiger partial charge >= 0.3 is 0 Å². The average molecular weight is 319 g/mol. The standard InChI is InChI=1S/C11H11ClN2O3S2/c1-17-9-4-2-8(3-5-9)6-14-19(15,16)10-7-13-11(12)18-10/h2-5,7,14H,6H2,1H3. The number of methoxy groups -OCH3 is 1. The third kappa shape index (κ3) is 3.66. The van der Waals surface area contributed by atoms with Gasteiger partial charge in [-0.1, -0.05) is 35.1 Å². The molecular weight excluding hydrogens is 308 g/mol. The van der Waals surface area contributed by atoms with Crippen molar-refractivity contribution in [2.24, 2.45) is 0 Å². The van der Waals surface area contributed by atoms with E-state index in [1.807, 2.05) is 0 Å². The molecule has 19 heavy (non-hydrogen) atoms. The molecule has 2 aromatic rings. The van der Waals surface area contributed by atoms with Gasteiger partial charge in [-0.15, -0.1) is 0 Å². The van der Waals surface area contributed by atoms with Crippen molar-refractivity contribution in [2.75, 3.05) is 7.11 Å². The molecule has 0 aliphatic carbocycles. The minimum Gasteiger partial charge on any atom is -0.497 e. The van der Waals surface area contributed by atoms with E-state index in [4.69, 9.17) is 16.3 Å². The fourth-order valence-corrected chi connectivity index (χ4v) is 3.71. The number of thiazole rings is 1. The number of hydrogen-bond donors (Lipinski definition) is 1. The summed E-state index contributed by atoms with van der Waals surface area (Å²) in [4.78, 5) is 3.71. The summed E-state index contributed by atoms with van der Waals surface area (Å²) in [6.07, 6.45) is 1.24. The molecule has 0 bridgehead atoms. The zero-order valence-electron chi connectivity index (χ0n) is 9.96. The van der Waals surface area contributed by atoms with E-state index in [0.29, 0.717) is 0 Å². The Bertz CT molecular complexity index is 653. The summed E-state index contributed by atoms with van der Waals surface area (Å²) in [5, 5.41) is 0. The highest BCUT2D eigenvalue weighted by Crippen LogP contribution is 2.22. The van der Waals surface area contributed by atoms with E-state index in [1.54, 1.807) is 31.4 Å². The molecule has 8 heteroatoms. The third-order valence-electron chi connectivity index (χ3n) is 2.35. The predicted octanol–water partition coefficient (Wildman–Crippen LogP) is 2.28. The van der Waals surface area contributed by atoms with Gasteiger partial charge in [0, 0.05) is 6.54 Å². The molecule has 1 aromatic carbocycles. The molecule has 0 spiro atoms. The molecule has 0 aliphatic rings. The Labute approximate surface area is 120 Å². The Morgan fingerprint density at radius 2 is 2.05 bits per heavy atom. The Morgan fingerprint density at radius 1 is 1.37 bits per heavy atom. The first kappa shape index (κ1) is 14.3. The van der Waals surface area contributed by atoms with E-state index < -0.39 is 10.0 Å². The molecule has 2 rings (SSSR count). The molecule has 1 aromatic heterocycles. The second kappa shape index (κ2) is 5.87. The van der Waals surface area contributed by atoms with E-state index in [-0.39, 0.29) is 15.2 Å². The Hall–Kier alpha value is -1.15. The van der Waals surface area contributed by atoms with Crippen LogP contribution in [0.25, 0.3) is 0 Å². The number of sulfonamides is 1. The van der Waals surface area contributed by atoms with E-state index >= 15 is 0 Å². The van der Waals surface area contributed by atoms with Crippen LogP contribution in [0.1, 0.15) is 5.56 Å². The molecule has 102 valence electrons. The number of halogens is 1. The first-order valence-corrected chi connectivity index (χ1v) is 7.93. The minimum absolute atomic E-state index is 0.103. The molecular formula is C11H11ClN2O3S2. The lowest BCUT2D eigenvalue weighted by Crippen LogP contribution is -2.22. The molecule has 1 heterocycles. The van der Waals surface area contributed by atoms with Crippen molar-refractivity contribution in [3.8, 4) is 5.75 Å². The van der Waals surface area contributed by atoms with Crippen molar-refractivity contribution in [3.63, 3.8) is 0 Å². The van der Waals surface area contributed by atoms with E-state index in [1.165, 1.54) is 6.20 Å². The minimum atomic E-state index is -3.56. The number of nitrogens with one attached hydrogen (secondary N) is 1. The molecule has 0 radical (unpaired) electrons. The normalized spacial score (nSPS) is 11.5. The SMILES string of the molecule is COc1ccc(CNS(=O)(=O)c2cnc(Cl)s2)cc1. The van der Waals surface area contributed by atoms with Crippen LogP contribution in [0, 0.1) is 0 Å². The number of ether oxygens (including phenoxy) is 1. The number of aromatic nitrogens is 1. The summed E-state index contributed by atoms with van der Waals surface area (Å²) >= 11 is 6.54. The van der Waals surface area contributed by atoms with Crippen LogP contribution in [0.5, 0.6) is 5.75 Å². The van der Waals surface area contributed by atoms with Crippen LogP contribution in [0.3, 0.4) is 0 Å². The predicted molar refractivity (Wildman–Crippen MR) is 74.1 cm³/mol. The Kier molecular flexibility index (Phi) is 4.41. The molecule has 0 atom stereocenters. The quantitative estimate of drug-likeness (QED) is 0.918. The van der Waals surface area contributed by atoms with Gasteiger partial charge in [-0.05, 0) is 17.7 Å². The fraction of sp³-hybridized carbons (Fsp3) is 0.182. The van der Waals surface area contributed by atoms with Crippen molar-refractivity contribution >= 4 is 33.0 Å². The van der Waals surface area contributed by atoms with Gasteiger partial charge in [0.1, 0.15) is 5.75 Å². The smallest absolute Gasteiger partial charge is 0.252 e. The number of rotatable bonds is 5. The van der Waals surface area contributed by atoms with Gasteiger partial charge < -0.3 is 4.74 Å². The third-order valence-corrected chi connectivity index (χ3v) is 5.32. The highest BCUT2D eigenvalue weighted by atomic mass is 35.5. The molecule has 0 unspecified atom stereocenters. The summed E-state index contributed by atoms with van der Waals surface area (Å²) in [7, 11) is -1.99. The van der Waals surface area contributed by atoms with Gasteiger partial charge in [0.15, 0.2) is 8.68 Å². The molecule has 0 saturated heterocycles. The van der Waals surface area contributed by atoms with E-state index in [2.05, 4.69) is 9.71 Å². The largest absolute Gasteiger partial charge is 0.497 e. The van der Waals surface area contributed by atoms with Crippen molar-refractivity contribution in [1.29, 1.82) is 0 Å². The molecule has 0 fully saturated rings. The molecule has 5 nitrogen and oxygen atoms in total. The maximum Gasteiger partial charge on any atom is 0.252 e. The summed E-state index contributed by atoms with van der Waals surface area (Å²) in [6, 6.07) is 7.13. The molecule has 0 saturated carbocycles. The molecule has 1 N–H and O–H groups in total. The fourth-order valence-electron chi connectivity index (χ4n) is 1.36. The van der Waals surface area contributed by atoms with Crippen LogP contribution in [0.4, 0.5) is 0 Å². The topological polar surface area (TPSA) is 68.3 Å². The first-order chi connectivity index (χ1) is 9.01. The van der Waals surface area contributed by atoms with Gasteiger partial charge in [0.2, 0.25) is 0 Å². The zero-order chi connectivity index (χ0) is 13.9. The molecule has 0 amide bonds. The van der Waals surface area contributed by atoms with Crippen molar-refractivity contribution in [1.82, 2.24) is 9.71 Å². The summed E-state index contributed by atoms with van der Waals surface area (Å²) in [5.41, 5.74) is 0.833. The lowest BCUT2D eigenvalue weighted by atomic mass is 10.2. The number of nitrogens with zero attached hydrogens (tertiary/aromatic N) is 1. The lowest BCUT2D eigenvalue weighted by molar-refractivity contribution is 0.414. The maximum atomic E-state index is 11.9. The van der Waals surface area contributed by atoms with Crippen LogP contribution < -0.4 is 9.46 Å². The van der Waals surface area contributed by atoms with Crippen LogP contribution >= 0.6 is 22.9 Å². The summed E-state index contributed by atoms with van der Waals surface area (Å²) in [6.45, 7) is 0.196. The second-order valence-corrected chi connectivity index (χ2v) is 7.21. The van der Waals surface area contributed by atoms with Crippen molar-refractivity contribution in [3.05, 3.63) is 40.5 Å². The van der Waals surface area contributed by atoms with Gasteiger partial charge in [0.05, 0.1) is 13.3 Å². The van der Waals surface area contributed by atoms with Crippen LogP contribution in [-0.4, -0.2) is 20.5 Å². The van der Waals surface area contributed by atoms with Crippen LogP contribution in [0.2, 0.25) is 4.47 Å². The maximum absolute atomic E-state index is 11.9. The van der Waals surface area contributed by atoms with E-state index in [9.17, 15) is 8.42 Å². The Balaban J connectivity index is 2.05. The van der Waals surface area contributed by atoms with Gasteiger partial charge in [0.25, 0.3) is 10.0 Å². The van der Waals surface area contributed by atoms with Gasteiger partial charge in [-0.2, -0.15) is 0 Å². The molecule has 0 aliphatic heterocycles. The van der Waals surface area contributed by atoms with Gasteiger partial charge in [-0.25, -0.2) is 18.1 Å². The van der Waals surface area contributed by atoms with Crippen LogP contribution in [0.15, 0.2) is 34.7 Å². The van der Waals surface area contributed by atoms with Crippen LogP contribution in [-0.2, 0) is 16.6 Å². The van der Waals surface area contributed by atoms with Gasteiger partial charge in [-0.3, -0.25) is 0 Å². The van der Waals surface area contributed by atoms with Crippen molar-refractivity contribution in [2.45, 2.75) is 10.8 Å². The van der Waals surface area contributed by atoms with Crippen molar-refractivity contribution < 1.29 is 13.2 Å². The Morgan fingerprint density at radius 3 is 2.58 bits per heavy atom.